The Labute approximate surface area is 131 Å². The Morgan fingerprint density at radius 2 is 1.86 bits per heavy atom. The molecule has 3 rings (SSSR count). The summed E-state index contributed by atoms with van der Waals surface area (Å²) in [6.45, 7) is 0. The summed E-state index contributed by atoms with van der Waals surface area (Å²) in [4.78, 5) is 0. The van der Waals surface area contributed by atoms with E-state index in [-0.39, 0.29) is 11.9 Å². The molecule has 1 saturated carbocycles. The third-order valence-electron chi connectivity index (χ3n) is 3.80. The van der Waals surface area contributed by atoms with Crippen molar-refractivity contribution in [2.45, 2.75) is 31.5 Å². The Balaban J connectivity index is 1.81. The number of halogens is 2. The summed E-state index contributed by atoms with van der Waals surface area (Å²) < 4.78 is 20.9. The molecule has 0 aliphatic heterocycles. The molecular formula is C17H16BrFO2. The first kappa shape index (κ1) is 14.5. The van der Waals surface area contributed by atoms with Crippen LogP contribution in [0.5, 0.6) is 5.75 Å². The third-order valence-corrected chi connectivity index (χ3v) is 4.33. The van der Waals surface area contributed by atoms with E-state index >= 15 is 0 Å². The topological polar surface area (TPSA) is 29.5 Å². The summed E-state index contributed by atoms with van der Waals surface area (Å²) in [6, 6.07) is 12.4. The van der Waals surface area contributed by atoms with E-state index in [4.69, 9.17) is 4.74 Å². The van der Waals surface area contributed by atoms with Gasteiger partial charge in [0.2, 0.25) is 0 Å². The van der Waals surface area contributed by atoms with Gasteiger partial charge in [0.05, 0.1) is 6.10 Å². The highest BCUT2D eigenvalue weighted by Crippen LogP contribution is 2.30. The molecule has 0 spiro atoms. The molecule has 1 aliphatic carbocycles. The molecule has 1 N–H and O–H groups in total. The van der Waals surface area contributed by atoms with Crippen molar-refractivity contribution >= 4 is 15.9 Å². The van der Waals surface area contributed by atoms with E-state index in [0.717, 1.165) is 29.3 Å². The second kappa shape index (κ2) is 6.16. The highest BCUT2D eigenvalue weighted by Gasteiger charge is 2.27. The molecule has 4 heteroatoms. The minimum Gasteiger partial charge on any atom is -0.488 e. The lowest BCUT2D eigenvalue weighted by Crippen LogP contribution is -2.25. The predicted octanol–water partition coefficient (Wildman–Crippen LogP) is 4.55. The molecule has 0 aromatic heterocycles. The zero-order valence-corrected chi connectivity index (χ0v) is 13.0. The van der Waals surface area contributed by atoms with Crippen LogP contribution < -0.4 is 4.74 Å². The molecule has 2 unspecified atom stereocenters. The number of hydrogen-bond donors (Lipinski definition) is 1. The van der Waals surface area contributed by atoms with Gasteiger partial charge in [-0.25, -0.2) is 4.39 Å². The first-order valence-electron chi connectivity index (χ1n) is 7.04. The summed E-state index contributed by atoms with van der Waals surface area (Å²) in [5.41, 5.74) is 1.37. The van der Waals surface area contributed by atoms with Crippen molar-refractivity contribution in [1.82, 2.24) is 0 Å². The SMILES string of the molecule is OC1CCCC1Oc1ccc(-c2ccc(Br)cc2)c(F)c1. The van der Waals surface area contributed by atoms with Gasteiger partial charge in [0.1, 0.15) is 17.7 Å². The van der Waals surface area contributed by atoms with E-state index in [1.165, 1.54) is 6.07 Å². The van der Waals surface area contributed by atoms with Gasteiger partial charge in [0.15, 0.2) is 0 Å². The normalized spacial score (nSPS) is 21.5. The Bertz CT molecular complexity index is 627. The number of aliphatic hydroxyl groups excluding tert-OH is 1. The minimum atomic E-state index is -0.445. The lowest BCUT2D eigenvalue weighted by Gasteiger charge is -2.17. The van der Waals surface area contributed by atoms with Crippen LogP contribution in [0.3, 0.4) is 0 Å². The first-order valence-corrected chi connectivity index (χ1v) is 7.83. The number of aliphatic hydroxyl groups is 1. The Morgan fingerprint density at radius 3 is 2.48 bits per heavy atom. The molecule has 2 aromatic carbocycles. The van der Waals surface area contributed by atoms with Crippen molar-refractivity contribution in [2.24, 2.45) is 0 Å². The van der Waals surface area contributed by atoms with Gasteiger partial charge >= 0.3 is 0 Å². The van der Waals surface area contributed by atoms with Gasteiger partial charge in [-0.15, -0.1) is 0 Å². The maximum atomic E-state index is 14.3. The first-order chi connectivity index (χ1) is 10.1. The quantitative estimate of drug-likeness (QED) is 0.879. The monoisotopic (exact) mass is 350 g/mol. The van der Waals surface area contributed by atoms with E-state index in [1.54, 1.807) is 12.1 Å². The fourth-order valence-corrected chi connectivity index (χ4v) is 2.92. The van der Waals surface area contributed by atoms with Crippen LogP contribution in [0.4, 0.5) is 4.39 Å². The molecule has 0 amide bonds. The maximum Gasteiger partial charge on any atom is 0.134 e. The van der Waals surface area contributed by atoms with Crippen molar-refractivity contribution in [3.8, 4) is 16.9 Å². The standard InChI is InChI=1S/C17H16BrFO2/c18-12-6-4-11(5-7-12)14-9-8-13(10-15(14)19)21-17-3-1-2-16(17)20/h4-10,16-17,20H,1-3H2. The second-order valence-corrected chi connectivity index (χ2v) is 6.22. The summed E-state index contributed by atoms with van der Waals surface area (Å²) in [7, 11) is 0. The number of benzene rings is 2. The van der Waals surface area contributed by atoms with Crippen LogP contribution in [0.2, 0.25) is 0 Å². The maximum absolute atomic E-state index is 14.3. The van der Waals surface area contributed by atoms with Gasteiger partial charge in [-0.2, -0.15) is 0 Å². The fourth-order valence-electron chi connectivity index (χ4n) is 2.65. The smallest absolute Gasteiger partial charge is 0.134 e. The molecule has 0 heterocycles. The zero-order chi connectivity index (χ0) is 14.8. The van der Waals surface area contributed by atoms with Gasteiger partial charge < -0.3 is 9.84 Å². The van der Waals surface area contributed by atoms with Gasteiger partial charge in [0, 0.05) is 16.1 Å². The molecule has 0 radical (unpaired) electrons. The van der Waals surface area contributed by atoms with Crippen LogP contribution in [-0.2, 0) is 0 Å². The average molecular weight is 351 g/mol. The Morgan fingerprint density at radius 1 is 1.10 bits per heavy atom. The summed E-state index contributed by atoms with van der Waals surface area (Å²) in [5.74, 6) is 0.154. The highest BCUT2D eigenvalue weighted by molar-refractivity contribution is 9.10. The lowest BCUT2D eigenvalue weighted by atomic mass is 10.1. The van der Waals surface area contributed by atoms with Gasteiger partial charge in [-0.05, 0) is 49.1 Å². The molecule has 0 bridgehead atoms. The van der Waals surface area contributed by atoms with Crippen LogP contribution in [0.1, 0.15) is 19.3 Å². The van der Waals surface area contributed by atoms with Crippen molar-refractivity contribution in [1.29, 1.82) is 0 Å². The van der Waals surface area contributed by atoms with Crippen LogP contribution >= 0.6 is 15.9 Å². The van der Waals surface area contributed by atoms with E-state index in [0.29, 0.717) is 11.3 Å². The summed E-state index contributed by atoms with van der Waals surface area (Å²) in [5, 5.41) is 9.75. The van der Waals surface area contributed by atoms with Crippen LogP contribution in [0.25, 0.3) is 11.1 Å². The molecule has 21 heavy (non-hydrogen) atoms. The Kier molecular flexibility index (Phi) is 4.27. The van der Waals surface area contributed by atoms with E-state index < -0.39 is 6.10 Å². The summed E-state index contributed by atoms with van der Waals surface area (Å²) in [6.07, 6.45) is 1.86. The molecule has 1 fully saturated rings. The average Bonchev–Trinajstić information content (AvgIpc) is 2.86. The molecular weight excluding hydrogens is 335 g/mol. The van der Waals surface area contributed by atoms with E-state index in [9.17, 15) is 9.50 Å². The van der Waals surface area contributed by atoms with Crippen molar-refractivity contribution in [3.63, 3.8) is 0 Å². The second-order valence-electron chi connectivity index (χ2n) is 5.30. The van der Waals surface area contributed by atoms with Crippen molar-refractivity contribution in [2.75, 3.05) is 0 Å². The van der Waals surface area contributed by atoms with Crippen LogP contribution in [0, 0.1) is 5.82 Å². The van der Waals surface area contributed by atoms with Crippen molar-refractivity contribution in [3.05, 3.63) is 52.8 Å². The fraction of sp³-hybridized carbons (Fsp3) is 0.294. The van der Waals surface area contributed by atoms with Gasteiger partial charge in [-0.1, -0.05) is 28.1 Å². The number of rotatable bonds is 3. The number of hydrogen-bond acceptors (Lipinski definition) is 2. The molecule has 0 saturated heterocycles. The zero-order valence-electron chi connectivity index (χ0n) is 11.4. The minimum absolute atomic E-state index is 0.220. The van der Waals surface area contributed by atoms with Gasteiger partial charge in [-0.3, -0.25) is 0 Å². The predicted molar refractivity (Wildman–Crippen MR) is 83.8 cm³/mol. The molecule has 2 atom stereocenters. The van der Waals surface area contributed by atoms with E-state index in [2.05, 4.69) is 15.9 Å². The largest absolute Gasteiger partial charge is 0.488 e. The van der Waals surface area contributed by atoms with Crippen LogP contribution in [0.15, 0.2) is 46.9 Å². The third kappa shape index (κ3) is 3.27. The molecule has 2 aromatic rings. The van der Waals surface area contributed by atoms with E-state index in [1.807, 2.05) is 24.3 Å². The van der Waals surface area contributed by atoms with Crippen molar-refractivity contribution < 1.29 is 14.2 Å². The molecule has 110 valence electrons. The Hall–Kier alpha value is -1.39. The summed E-state index contributed by atoms with van der Waals surface area (Å²) >= 11 is 3.37. The highest BCUT2D eigenvalue weighted by atomic mass is 79.9. The molecule has 1 aliphatic rings. The van der Waals surface area contributed by atoms with Gasteiger partial charge in [0.25, 0.3) is 0 Å². The molecule has 2 nitrogen and oxygen atoms in total. The van der Waals surface area contributed by atoms with Crippen LogP contribution in [-0.4, -0.2) is 17.3 Å². The lowest BCUT2D eigenvalue weighted by molar-refractivity contribution is 0.0602. The number of ether oxygens (including phenoxy) is 1.